The van der Waals surface area contributed by atoms with Crippen molar-refractivity contribution in [2.45, 2.75) is 6.54 Å². The van der Waals surface area contributed by atoms with Gasteiger partial charge in [-0.2, -0.15) is 0 Å². The van der Waals surface area contributed by atoms with Gasteiger partial charge in [-0.05, 0) is 42.0 Å². The number of nitrogens with zero attached hydrogens (tertiary/aromatic N) is 1. The Bertz CT molecular complexity index is 973. The molecule has 0 saturated carbocycles. The number of rotatable bonds is 6. The average Bonchev–Trinajstić information content (AvgIpc) is 2.74. The highest BCUT2D eigenvalue weighted by Crippen LogP contribution is 2.23. The van der Waals surface area contributed by atoms with Crippen LogP contribution in [0, 0.1) is 0 Å². The summed E-state index contributed by atoms with van der Waals surface area (Å²) < 4.78 is 10.4. The lowest BCUT2D eigenvalue weighted by Crippen LogP contribution is -2.22. The van der Waals surface area contributed by atoms with Crippen molar-refractivity contribution in [1.29, 1.82) is 0 Å². The topological polar surface area (TPSA) is 98.0 Å². The molecule has 3 rings (SSSR count). The van der Waals surface area contributed by atoms with Gasteiger partial charge in [-0.15, -0.1) is 0 Å². The molecule has 4 N–H and O–H groups in total. The van der Waals surface area contributed by atoms with Crippen LogP contribution in [0.15, 0.2) is 83.9 Å². The number of benzene rings is 3. The smallest absolute Gasteiger partial charge is 0.411 e. The Morgan fingerprint density at radius 1 is 0.897 bits per heavy atom. The standard InChI is InChI=1S/C22H22N4O3/c1-28-22(27)26-17-12-10-16(11-13-17)15-24-21(23)25-18-6-5-9-20(14-18)29-19-7-3-2-4-8-19/h2-14H,15H2,1H3,(H,26,27)(H3,23,24,25). The molecular formula is C22H22N4O3. The van der Waals surface area contributed by atoms with Gasteiger partial charge in [0.25, 0.3) is 0 Å². The third kappa shape index (κ3) is 6.28. The Morgan fingerprint density at radius 3 is 2.34 bits per heavy atom. The fourth-order valence-electron chi connectivity index (χ4n) is 2.49. The number of carbonyl (C=O) groups excluding carboxylic acids is 1. The maximum Gasteiger partial charge on any atom is 0.411 e. The molecule has 0 spiro atoms. The largest absolute Gasteiger partial charge is 0.457 e. The van der Waals surface area contributed by atoms with E-state index in [1.807, 2.05) is 66.7 Å². The van der Waals surface area contributed by atoms with Gasteiger partial charge in [0.2, 0.25) is 0 Å². The Labute approximate surface area is 169 Å². The fraction of sp³-hybridized carbons (Fsp3) is 0.0909. The molecule has 0 aliphatic heterocycles. The summed E-state index contributed by atoms with van der Waals surface area (Å²) in [6, 6.07) is 24.3. The molecule has 0 aliphatic rings. The van der Waals surface area contributed by atoms with E-state index in [9.17, 15) is 4.79 Å². The molecule has 0 atom stereocenters. The second-order valence-corrected chi connectivity index (χ2v) is 6.08. The highest BCUT2D eigenvalue weighted by Gasteiger charge is 2.02. The molecule has 148 valence electrons. The number of nitrogens with one attached hydrogen (secondary N) is 2. The number of carbonyl (C=O) groups is 1. The highest BCUT2D eigenvalue weighted by atomic mass is 16.5. The van der Waals surface area contributed by atoms with Gasteiger partial charge in [0.1, 0.15) is 11.5 Å². The van der Waals surface area contributed by atoms with Crippen molar-refractivity contribution >= 4 is 23.4 Å². The maximum atomic E-state index is 11.2. The maximum absolute atomic E-state index is 11.2. The van der Waals surface area contributed by atoms with Crippen LogP contribution >= 0.6 is 0 Å². The number of guanidine groups is 1. The van der Waals surface area contributed by atoms with Gasteiger partial charge < -0.3 is 20.5 Å². The summed E-state index contributed by atoms with van der Waals surface area (Å²) in [6.07, 6.45) is -0.511. The lowest BCUT2D eigenvalue weighted by Gasteiger charge is -2.09. The lowest BCUT2D eigenvalue weighted by atomic mass is 10.2. The van der Waals surface area contributed by atoms with E-state index in [-0.39, 0.29) is 0 Å². The zero-order valence-electron chi connectivity index (χ0n) is 16.0. The Hall–Kier alpha value is -4.00. The molecule has 0 aliphatic carbocycles. The molecule has 1 amide bonds. The molecule has 0 aromatic heterocycles. The zero-order valence-corrected chi connectivity index (χ0v) is 16.0. The normalized spacial score (nSPS) is 10.9. The van der Waals surface area contributed by atoms with Crippen LogP contribution in [0.1, 0.15) is 5.56 Å². The molecule has 3 aromatic carbocycles. The SMILES string of the molecule is COC(=O)Nc1ccc(CN=C(N)Nc2cccc(Oc3ccccc3)c2)cc1. The van der Waals surface area contributed by atoms with Crippen LogP contribution in [0.5, 0.6) is 11.5 Å². The Morgan fingerprint density at radius 2 is 1.62 bits per heavy atom. The van der Waals surface area contributed by atoms with E-state index in [4.69, 9.17) is 10.5 Å². The highest BCUT2D eigenvalue weighted by molar-refractivity contribution is 5.92. The first kappa shape index (κ1) is 19.8. The number of anilines is 2. The number of amides is 1. The van der Waals surface area contributed by atoms with E-state index >= 15 is 0 Å². The minimum atomic E-state index is -0.511. The third-order valence-corrected chi connectivity index (χ3v) is 3.90. The zero-order chi connectivity index (χ0) is 20.5. The predicted molar refractivity (Wildman–Crippen MR) is 114 cm³/mol. The number of para-hydroxylation sites is 1. The van der Waals surface area contributed by atoms with Gasteiger partial charge in [0.15, 0.2) is 5.96 Å². The molecule has 0 bridgehead atoms. The first-order chi connectivity index (χ1) is 14.1. The van der Waals surface area contributed by atoms with Crippen LogP contribution in [-0.2, 0) is 11.3 Å². The number of hydrogen-bond donors (Lipinski definition) is 3. The van der Waals surface area contributed by atoms with Gasteiger partial charge in [0.05, 0.1) is 13.7 Å². The number of nitrogens with two attached hydrogens (primary N) is 1. The number of ether oxygens (including phenoxy) is 2. The van der Waals surface area contributed by atoms with Crippen LogP contribution < -0.4 is 21.1 Å². The van der Waals surface area contributed by atoms with E-state index in [1.165, 1.54) is 7.11 Å². The summed E-state index contributed by atoms with van der Waals surface area (Å²) in [4.78, 5) is 15.5. The first-order valence-electron chi connectivity index (χ1n) is 8.96. The van der Waals surface area contributed by atoms with Crippen molar-refractivity contribution in [2.24, 2.45) is 10.7 Å². The predicted octanol–water partition coefficient (Wildman–Crippen LogP) is 4.58. The number of hydrogen-bond acceptors (Lipinski definition) is 4. The summed E-state index contributed by atoms with van der Waals surface area (Å²) in [7, 11) is 1.32. The molecule has 7 nitrogen and oxygen atoms in total. The van der Waals surface area contributed by atoms with Crippen LogP contribution in [-0.4, -0.2) is 19.2 Å². The number of methoxy groups -OCH3 is 1. The third-order valence-electron chi connectivity index (χ3n) is 3.90. The molecule has 0 unspecified atom stereocenters. The molecule has 0 radical (unpaired) electrons. The molecule has 3 aromatic rings. The van der Waals surface area contributed by atoms with E-state index in [2.05, 4.69) is 20.4 Å². The van der Waals surface area contributed by atoms with Gasteiger partial charge >= 0.3 is 6.09 Å². The minimum absolute atomic E-state index is 0.290. The number of aliphatic imine (C=N–C) groups is 1. The van der Waals surface area contributed by atoms with E-state index < -0.39 is 6.09 Å². The molecule has 0 fully saturated rings. The summed E-state index contributed by atoms with van der Waals surface area (Å²) in [5, 5.41) is 5.65. The van der Waals surface area contributed by atoms with Crippen LogP contribution in [0.3, 0.4) is 0 Å². The van der Waals surface area contributed by atoms with Crippen molar-refractivity contribution in [3.8, 4) is 11.5 Å². The van der Waals surface area contributed by atoms with Crippen molar-refractivity contribution < 1.29 is 14.3 Å². The molecule has 0 saturated heterocycles. The Kier molecular flexibility index (Phi) is 6.67. The lowest BCUT2D eigenvalue weighted by molar-refractivity contribution is 0.187. The fourth-order valence-corrected chi connectivity index (χ4v) is 2.49. The van der Waals surface area contributed by atoms with Gasteiger partial charge in [-0.25, -0.2) is 9.79 Å². The minimum Gasteiger partial charge on any atom is -0.457 e. The van der Waals surface area contributed by atoms with Gasteiger partial charge in [-0.1, -0.05) is 36.4 Å². The average molecular weight is 390 g/mol. The van der Waals surface area contributed by atoms with Crippen molar-refractivity contribution in [3.63, 3.8) is 0 Å². The van der Waals surface area contributed by atoms with Crippen molar-refractivity contribution in [2.75, 3.05) is 17.7 Å². The van der Waals surface area contributed by atoms with Crippen LogP contribution in [0.25, 0.3) is 0 Å². The van der Waals surface area contributed by atoms with Crippen LogP contribution in [0.4, 0.5) is 16.2 Å². The quantitative estimate of drug-likeness (QED) is 0.423. The summed E-state index contributed by atoms with van der Waals surface area (Å²) in [5.74, 6) is 1.75. The monoisotopic (exact) mass is 390 g/mol. The molecule has 0 heterocycles. The van der Waals surface area contributed by atoms with E-state index in [0.29, 0.717) is 23.9 Å². The van der Waals surface area contributed by atoms with Gasteiger partial charge in [-0.3, -0.25) is 5.32 Å². The summed E-state index contributed by atoms with van der Waals surface area (Å²) in [5.41, 5.74) is 8.36. The summed E-state index contributed by atoms with van der Waals surface area (Å²) >= 11 is 0. The summed E-state index contributed by atoms with van der Waals surface area (Å²) in [6.45, 7) is 0.400. The van der Waals surface area contributed by atoms with Crippen molar-refractivity contribution in [3.05, 3.63) is 84.4 Å². The van der Waals surface area contributed by atoms with E-state index in [1.54, 1.807) is 12.1 Å². The van der Waals surface area contributed by atoms with Gasteiger partial charge in [0, 0.05) is 17.4 Å². The van der Waals surface area contributed by atoms with E-state index in [0.717, 1.165) is 17.0 Å². The second kappa shape index (κ2) is 9.80. The first-order valence-corrected chi connectivity index (χ1v) is 8.96. The molecular weight excluding hydrogens is 368 g/mol. The molecule has 7 heteroatoms. The Balaban J connectivity index is 1.57. The van der Waals surface area contributed by atoms with Crippen LogP contribution in [0.2, 0.25) is 0 Å². The van der Waals surface area contributed by atoms with Crippen molar-refractivity contribution in [1.82, 2.24) is 0 Å². The molecule has 29 heavy (non-hydrogen) atoms. The second-order valence-electron chi connectivity index (χ2n) is 6.08.